The Labute approximate surface area is 165 Å². The number of carbonyl (C=O) groups excluding carboxylic acids is 1. The van der Waals surface area contributed by atoms with Crippen LogP contribution in [-0.2, 0) is 18.4 Å². The Morgan fingerprint density at radius 3 is 2.76 bits per heavy atom. The number of aryl methyl sites for hydroxylation is 1. The minimum Gasteiger partial charge on any atom is -0.306 e. The highest BCUT2D eigenvalue weighted by atomic mass is 16.2. The molecule has 0 spiro atoms. The molecule has 5 aromatic rings. The summed E-state index contributed by atoms with van der Waals surface area (Å²) in [6.07, 6.45) is 3.28. The van der Waals surface area contributed by atoms with Crippen LogP contribution >= 0.6 is 0 Å². The van der Waals surface area contributed by atoms with Gasteiger partial charge in [-0.3, -0.25) is 14.5 Å². The number of hydrogen-bond acceptors (Lipinski definition) is 5. The van der Waals surface area contributed by atoms with E-state index in [9.17, 15) is 4.79 Å². The predicted octanol–water partition coefficient (Wildman–Crippen LogP) is 3.02. The second-order valence-electron chi connectivity index (χ2n) is 6.67. The van der Waals surface area contributed by atoms with Crippen molar-refractivity contribution in [3.63, 3.8) is 0 Å². The van der Waals surface area contributed by atoms with Crippen molar-refractivity contribution in [2.75, 3.05) is 5.32 Å². The van der Waals surface area contributed by atoms with Crippen molar-refractivity contribution in [1.82, 2.24) is 29.8 Å². The molecule has 8 heteroatoms. The number of benzene rings is 2. The summed E-state index contributed by atoms with van der Waals surface area (Å²) in [4.78, 5) is 18.5. The van der Waals surface area contributed by atoms with Gasteiger partial charge in [-0.25, -0.2) is 0 Å². The summed E-state index contributed by atoms with van der Waals surface area (Å²) in [5, 5.41) is 17.6. The number of rotatable bonds is 4. The van der Waals surface area contributed by atoms with Crippen LogP contribution < -0.4 is 5.32 Å². The molecular formula is C21H17N7O. The molecular weight excluding hydrogens is 366 g/mol. The Bertz CT molecular complexity index is 1350. The standard InChI is InChI=1S/C21H17N7O/c1-27-23-12-18(25-27)24-19(29)13-28-17-10-3-2-8-15(17)21(26-28)16-9-4-6-14-7-5-11-22-20(14)16/h2-12H,13H2,1H3,(H,24,25,29). The minimum absolute atomic E-state index is 0.0648. The van der Waals surface area contributed by atoms with Crippen LogP contribution in [0, 0.1) is 0 Å². The van der Waals surface area contributed by atoms with Crippen molar-refractivity contribution in [1.29, 1.82) is 0 Å². The predicted molar refractivity (Wildman–Crippen MR) is 110 cm³/mol. The first-order valence-electron chi connectivity index (χ1n) is 9.15. The highest BCUT2D eigenvalue weighted by molar-refractivity contribution is 6.02. The maximum atomic E-state index is 12.5. The molecule has 5 rings (SSSR count). The molecule has 0 aliphatic rings. The van der Waals surface area contributed by atoms with Crippen LogP contribution in [0.4, 0.5) is 5.82 Å². The Kier molecular flexibility index (Phi) is 4.02. The second-order valence-corrected chi connectivity index (χ2v) is 6.67. The number of nitrogens with zero attached hydrogens (tertiary/aromatic N) is 6. The lowest BCUT2D eigenvalue weighted by Gasteiger charge is -2.04. The Hall–Kier alpha value is -4.07. The van der Waals surface area contributed by atoms with Gasteiger partial charge in [-0.1, -0.05) is 42.5 Å². The van der Waals surface area contributed by atoms with Gasteiger partial charge >= 0.3 is 0 Å². The van der Waals surface area contributed by atoms with E-state index in [1.54, 1.807) is 17.9 Å². The number of carbonyl (C=O) groups is 1. The number of aromatic nitrogens is 6. The quantitative estimate of drug-likeness (QED) is 0.515. The van der Waals surface area contributed by atoms with Gasteiger partial charge < -0.3 is 5.32 Å². The molecule has 29 heavy (non-hydrogen) atoms. The molecule has 0 saturated carbocycles. The highest BCUT2D eigenvalue weighted by Crippen LogP contribution is 2.32. The lowest BCUT2D eigenvalue weighted by molar-refractivity contribution is -0.116. The molecule has 0 saturated heterocycles. The molecule has 0 bridgehead atoms. The summed E-state index contributed by atoms with van der Waals surface area (Å²) in [7, 11) is 1.70. The minimum atomic E-state index is -0.221. The first-order valence-corrected chi connectivity index (χ1v) is 9.15. The van der Waals surface area contributed by atoms with Crippen molar-refractivity contribution in [3.8, 4) is 11.3 Å². The number of fused-ring (bicyclic) bond motifs is 2. The third kappa shape index (κ3) is 3.10. The zero-order chi connectivity index (χ0) is 19.8. The van der Waals surface area contributed by atoms with Crippen molar-refractivity contribution < 1.29 is 4.79 Å². The fourth-order valence-electron chi connectivity index (χ4n) is 3.46. The maximum absolute atomic E-state index is 12.5. The molecule has 3 aromatic heterocycles. The monoisotopic (exact) mass is 383 g/mol. The zero-order valence-corrected chi connectivity index (χ0v) is 15.6. The summed E-state index contributed by atoms with van der Waals surface area (Å²) >= 11 is 0. The van der Waals surface area contributed by atoms with E-state index in [1.807, 2.05) is 54.6 Å². The number of pyridine rings is 1. The largest absolute Gasteiger partial charge is 0.306 e. The van der Waals surface area contributed by atoms with Gasteiger partial charge in [0.15, 0.2) is 5.82 Å². The molecule has 2 aromatic carbocycles. The third-order valence-electron chi connectivity index (χ3n) is 4.71. The van der Waals surface area contributed by atoms with Crippen molar-refractivity contribution in [2.45, 2.75) is 6.54 Å². The van der Waals surface area contributed by atoms with Gasteiger partial charge in [-0.05, 0) is 12.1 Å². The molecule has 0 aliphatic carbocycles. The van der Waals surface area contributed by atoms with E-state index in [2.05, 4.69) is 20.5 Å². The Balaban J connectivity index is 1.57. The summed E-state index contributed by atoms with van der Waals surface area (Å²) in [5.74, 6) is 0.189. The molecule has 1 amide bonds. The van der Waals surface area contributed by atoms with Crippen LogP contribution in [0.3, 0.4) is 0 Å². The lowest BCUT2D eigenvalue weighted by atomic mass is 10.0. The fourth-order valence-corrected chi connectivity index (χ4v) is 3.46. The van der Waals surface area contributed by atoms with Crippen LogP contribution in [0.2, 0.25) is 0 Å². The number of amides is 1. The smallest absolute Gasteiger partial charge is 0.247 e. The van der Waals surface area contributed by atoms with Crippen LogP contribution in [0.1, 0.15) is 0 Å². The molecule has 142 valence electrons. The SMILES string of the molecule is Cn1ncc(NC(=O)Cn2nc(-c3cccc4cccnc34)c3ccccc32)n1. The molecule has 0 atom stereocenters. The third-order valence-corrected chi connectivity index (χ3v) is 4.71. The summed E-state index contributed by atoms with van der Waals surface area (Å²) in [6.45, 7) is 0.0648. The van der Waals surface area contributed by atoms with E-state index in [-0.39, 0.29) is 12.5 Å². The number of hydrogen-bond donors (Lipinski definition) is 1. The van der Waals surface area contributed by atoms with Gasteiger partial charge in [0.1, 0.15) is 12.2 Å². The van der Waals surface area contributed by atoms with Gasteiger partial charge in [-0.2, -0.15) is 15.0 Å². The fraction of sp³-hybridized carbons (Fsp3) is 0.0952. The van der Waals surface area contributed by atoms with Gasteiger partial charge in [0.2, 0.25) is 5.91 Å². The van der Waals surface area contributed by atoms with Gasteiger partial charge in [0.05, 0.1) is 17.2 Å². The maximum Gasteiger partial charge on any atom is 0.247 e. The average Bonchev–Trinajstić information content (AvgIpc) is 3.31. The van der Waals surface area contributed by atoms with E-state index >= 15 is 0 Å². The first-order chi connectivity index (χ1) is 14.2. The van der Waals surface area contributed by atoms with Crippen molar-refractivity contribution >= 4 is 33.5 Å². The summed E-state index contributed by atoms with van der Waals surface area (Å²) < 4.78 is 1.71. The number of anilines is 1. The Morgan fingerprint density at radius 1 is 1.03 bits per heavy atom. The highest BCUT2D eigenvalue weighted by Gasteiger charge is 2.17. The molecule has 0 unspecified atom stereocenters. The number of para-hydroxylation sites is 2. The molecule has 0 fully saturated rings. The molecule has 0 aliphatic heterocycles. The average molecular weight is 383 g/mol. The summed E-state index contributed by atoms with van der Waals surface area (Å²) in [5.41, 5.74) is 3.50. The van der Waals surface area contributed by atoms with Crippen molar-refractivity contribution in [3.05, 3.63) is 67.0 Å². The van der Waals surface area contributed by atoms with E-state index < -0.39 is 0 Å². The van der Waals surface area contributed by atoms with E-state index in [0.29, 0.717) is 5.82 Å². The van der Waals surface area contributed by atoms with Crippen LogP contribution in [0.25, 0.3) is 33.1 Å². The molecule has 0 radical (unpaired) electrons. The summed E-state index contributed by atoms with van der Waals surface area (Å²) in [6, 6.07) is 17.8. The normalized spacial score (nSPS) is 11.2. The molecule has 3 heterocycles. The zero-order valence-electron chi connectivity index (χ0n) is 15.6. The Morgan fingerprint density at radius 2 is 1.90 bits per heavy atom. The van der Waals surface area contributed by atoms with E-state index in [0.717, 1.165) is 33.1 Å². The van der Waals surface area contributed by atoms with Gasteiger partial charge in [0.25, 0.3) is 0 Å². The van der Waals surface area contributed by atoms with Crippen LogP contribution in [0.5, 0.6) is 0 Å². The van der Waals surface area contributed by atoms with Crippen molar-refractivity contribution in [2.24, 2.45) is 7.05 Å². The van der Waals surface area contributed by atoms with Gasteiger partial charge in [-0.15, -0.1) is 5.10 Å². The molecule has 1 N–H and O–H groups in total. The van der Waals surface area contributed by atoms with Crippen LogP contribution in [-0.4, -0.2) is 35.7 Å². The number of nitrogens with one attached hydrogen (secondary N) is 1. The lowest BCUT2D eigenvalue weighted by Crippen LogP contribution is -2.19. The second kappa shape index (κ2) is 6.83. The van der Waals surface area contributed by atoms with Crippen LogP contribution in [0.15, 0.2) is 67.0 Å². The van der Waals surface area contributed by atoms with E-state index in [4.69, 9.17) is 5.10 Å². The molecule has 8 nitrogen and oxygen atoms in total. The topological polar surface area (TPSA) is 90.5 Å². The van der Waals surface area contributed by atoms with E-state index in [1.165, 1.54) is 11.0 Å². The first kappa shape index (κ1) is 17.1. The van der Waals surface area contributed by atoms with Gasteiger partial charge in [0, 0.05) is 29.6 Å².